The number of methoxy groups -OCH3 is 4. The summed E-state index contributed by atoms with van der Waals surface area (Å²) in [4.78, 5) is 11.8. The van der Waals surface area contributed by atoms with Crippen molar-refractivity contribution < 1.29 is 33.2 Å². The lowest BCUT2D eigenvalue weighted by Gasteiger charge is -2.34. The second-order valence-corrected chi connectivity index (χ2v) is 5.16. The Labute approximate surface area is 148 Å². The third kappa shape index (κ3) is 6.60. The summed E-state index contributed by atoms with van der Waals surface area (Å²) in [5.41, 5.74) is 5.70. The lowest BCUT2D eigenvalue weighted by Crippen LogP contribution is -2.52. The van der Waals surface area contributed by atoms with Gasteiger partial charge in [-0.2, -0.15) is 0 Å². The van der Waals surface area contributed by atoms with E-state index >= 15 is 0 Å². The van der Waals surface area contributed by atoms with Gasteiger partial charge in [-0.05, 0) is 12.1 Å². The van der Waals surface area contributed by atoms with E-state index in [-0.39, 0.29) is 13.2 Å². The van der Waals surface area contributed by atoms with E-state index in [9.17, 15) is 4.79 Å². The van der Waals surface area contributed by atoms with Gasteiger partial charge in [0.05, 0.1) is 6.10 Å². The molecule has 0 saturated heterocycles. The molecule has 0 aromatic heterocycles. The first-order valence-corrected chi connectivity index (χ1v) is 7.82. The van der Waals surface area contributed by atoms with Crippen molar-refractivity contribution in [1.82, 2.24) is 0 Å². The van der Waals surface area contributed by atoms with E-state index in [4.69, 9.17) is 34.2 Å². The number of nitrogens with two attached hydrogens (primary N) is 1. The van der Waals surface area contributed by atoms with Gasteiger partial charge in [-0.15, -0.1) is 0 Å². The Balaban J connectivity index is 2.66. The zero-order valence-electron chi connectivity index (χ0n) is 15.0. The third-order valence-electron chi connectivity index (χ3n) is 3.75. The van der Waals surface area contributed by atoms with E-state index in [0.29, 0.717) is 5.75 Å². The fourth-order valence-corrected chi connectivity index (χ4v) is 2.42. The number of hydrogen-bond donors (Lipinski definition) is 1. The third-order valence-corrected chi connectivity index (χ3v) is 3.75. The summed E-state index contributed by atoms with van der Waals surface area (Å²) in [5, 5.41) is 0. The van der Waals surface area contributed by atoms with Crippen molar-refractivity contribution in [1.29, 1.82) is 0 Å². The maximum Gasteiger partial charge on any atom is 0.513 e. The van der Waals surface area contributed by atoms with E-state index in [1.165, 1.54) is 28.4 Å². The number of ether oxygens (including phenoxy) is 6. The van der Waals surface area contributed by atoms with Crippen LogP contribution in [-0.4, -0.2) is 72.2 Å². The van der Waals surface area contributed by atoms with Crippen molar-refractivity contribution in [3.8, 4) is 5.75 Å². The molecule has 0 fully saturated rings. The number of carbonyl (C=O) groups excluding carboxylic acids is 1. The molecule has 0 unspecified atom stereocenters. The summed E-state index contributed by atoms with van der Waals surface area (Å²) in [6.07, 6.45) is -2.89. The molecule has 4 atom stereocenters. The molecule has 142 valence electrons. The average Bonchev–Trinajstić information content (AvgIpc) is 2.64. The SMILES string of the molecule is CO[C@@H]([C@H](OC)[C@@H](COC(=O)Oc1ccccc1)OC)[C@H](CN)OC. The van der Waals surface area contributed by atoms with Crippen LogP contribution in [0.1, 0.15) is 0 Å². The lowest BCUT2D eigenvalue weighted by atomic mass is 10.0. The Kier molecular flexibility index (Phi) is 10.0. The predicted molar refractivity (Wildman–Crippen MR) is 90.7 cm³/mol. The summed E-state index contributed by atoms with van der Waals surface area (Å²) in [6, 6.07) is 8.62. The molecule has 8 nitrogen and oxygen atoms in total. The first-order valence-electron chi connectivity index (χ1n) is 7.82. The van der Waals surface area contributed by atoms with Crippen molar-refractivity contribution in [2.45, 2.75) is 24.4 Å². The van der Waals surface area contributed by atoms with E-state index in [1.807, 2.05) is 6.07 Å². The van der Waals surface area contributed by atoms with Crippen LogP contribution in [0.5, 0.6) is 5.75 Å². The summed E-state index contributed by atoms with van der Waals surface area (Å²) in [6.45, 7) is 0.156. The first-order chi connectivity index (χ1) is 12.1. The van der Waals surface area contributed by atoms with Crippen molar-refractivity contribution in [3.05, 3.63) is 30.3 Å². The molecule has 0 aliphatic rings. The minimum atomic E-state index is -0.834. The minimum Gasteiger partial charge on any atom is -0.431 e. The molecule has 1 aromatic carbocycles. The zero-order chi connectivity index (χ0) is 18.7. The Morgan fingerprint density at radius 1 is 0.920 bits per heavy atom. The molecule has 0 radical (unpaired) electrons. The summed E-state index contributed by atoms with van der Waals surface area (Å²) in [5.74, 6) is 0.391. The van der Waals surface area contributed by atoms with Crippen molar-refractivity contribution in [3.63, 3.8) is 0 Å². The standard InChI is InChI=1S/C17H27NO7/c1-20-13(10-18)15(22-3)16(23-4)14(21-2)11-24-17(19)25-12-8-6-5-7-9-12/h5-9,13-16H,10-11,18H2,1-4H3/t13-,14+,15+,16+/m0/s1. The maximum absolute atomic E-state index is 11.8. The summed E-state index contributed by atoms with van der Waals surface area (Å²) < 4.78 is 31.8. The van der Waals surface area contributed by atoms with Crippen molar-refractivity contribution in [2.24, 2.45) is 5.73 Å². The normalized spacial score (nSPS) is 15.9. The topological polar surface area (TPSA) is 98.5 Å². The van der Waals surface area contributed by atoms with Crippen LogP contribution in [0.4, 0.5) is 4.79 Å². The molecule has 1 aromatic rings. The molecule has 2 N–H and O–H groups in total. The van der Waals surface area contributed by atoms with Crippen LogP contribution < -0.4 is 10.5 Å². The molecule has 8 heteroatoms. The fraction of sp³-hybridized carbons (Fsp3) is 0.588. The van der Waals surface area contributed by atoms with Crippen LogP contribution in [-0.2, 0) is 23.7 Å². The fourth-order valence-electron chi connectivity index (χ4n) is 2.42. The lowest BCUT2D eigenvalue weighted by molar-refractivity contribution is -0.155. The molecule has 0 spiro atoms. The highest BCUT2D eigenvalue weighted by atomic mass is 16.7. The number of para-hydroxylation sites is 1. The van der Waals surface area contributed by atoms with Crippen LogP contribution in [0.3, 0.4) is 0 Å². The Bertz CT molecular complexity index is 481. The molecule has 25 heavy (non-hydrogen) atoms. The largest absolute Gasteiger partial charge is 0.513 e. The van der Waals surface area contributed by atoms with E-state index in [1.54, 1.807) is 24.3 Å². The van der Waals surface area contributed by atoms with Gasteiger partial charge in [-0.3, -0.25) is 0 Å². The highest BCUT2D eigenvalue weighted by Crippen LogP contribution is 2.17. The average molecular weight is 357 g/mol. The second-order valence-electron chi connectivity index (χ2n) is 5.16. The van der Waals surface area contributed by atoms with Gasteiger partial charge in [0.15, 0.2) is 0 Å². The van der Waals surface area contributed by atoms with Gasteiger partial charge in [0.2, 0.25) is 0 Å². The Hall–Kier alpha value is -1.71. The molecule has 0 heterocycles. The van der Waals surface area contributed by atoms with Gasteiger partial charge in [-0.25, -0.2) is 4.79 Å². The zero-order valence-corrected chi connectivity index (χ0v) is 15.0. The summed E-state index contributed by atoms with van der Waals surface area (Å²) in [7, 11) is 6.05. The Morgan fingerprint density at radius 2 is 1.48 bits per heavy atom. The van der Waals surface area contributed by atoms with Crippen molar-refractivity contribution in [2.75, 3.05) is 41.6 Å². The van der Waals surface area contributed by atoms with Gasteiger partial charge >= 0.3 is 6.16 Å². The molecule has 0 bridgehead atoms. The van der Waals surface area contributed by atoms with Gasteiger partial charge in [-0.1, -0.05) is 18.2 Å². The van der Waals surface area contributed by atoms with Crippen molar-refractivity contribution >= 4 is 6.16 Å². The van der Waals surface area contributed by atoms with Crippen LogP contribution in [0.15, 0.2) is 30.3 Å². The Morgan fingerprint density at radius 3 is 1.96 bits per heavy atom. The molecule has 0 aliphatic heterocycles. The van der Waals surface area contributed by atoms with Crippen LogP contribution >= 0.6 is 0 Å². The van der Waals surface area contributed by atoms with E-state index < -0.39 is 30.6 Å². The van der Waals surface area contributed by atoms with E-state index in [2.05, 4.69) is 0 Å². The number of rotatable bonds is 11. The van der Waals surface area contributed by atoms with Crippen LogP contribution in [0.25, 0.3) is 0 Å². The molecule has 0 aliphatic carbocycles. The second kappa shape index (κ2) is 11.8. The van der Waals surface area contributed by atoms with Gasteiger partial charge in [0.25, 0.3) is 0 Å². The van der Waals surface area contributed by atoms with Crippen LogP contribution in [0.2, 0.25) is 0 Å². The van der Waals surface area contributed by atoms with Gasteiger partial charge in [0, 0.05) is 35.0 Å². The molecule has 1 rings (SSSR count). The maximum atomic E-state index is 11.8. The summed E-state index contributed by atoms with van der Waals surface area (Å²) >= 11 is 0. The monoisotopic (exact) mass is 357 g/mol. The predicted octanol–water partition coefficient (Wildman–Crippen LogP) is 1.22. The number of carbonyl (C=O) groups is 1. The smallest absolute Gasteiger partial charge is 0.431 e. The molecule has 0 amide bonds. The highest BCUT2D eigenvalue weighted by Gasteiger charge is 2.36. The van der Waals surface area contributed by atoms with Gasteiger partial charge in [0.1, 0.15) is 30.7 Å². The first kappa shape index (κ1) is 21.3. The number of benzene rings is 1. The molecular formula is C17H27NO7. The van der Waals surface area contributed by atoms with Crippen LogP contribution in [0, 0.1) is 0 Å². The number of hydrogen-bond acceptors (Lipinski definition) is 8. The van der Waals surface area contributed by atoms with Gasteiger partial charge < -0.3 is 34.2 Å². The highest BCUT2D eigenvalue weighted by molar-refractivity contribution is 5.63. The molecule has 0 saturated carbocycles. The minimum absolute atomic E-state index is 0.0818. The van der Waals surface area contributed by atoms with E-state index in [0.717, 1.165) is 0 Å². The molecular weight excluding hydrogens is 330 g/mol. The quantitative estimate of drug-likeness (QED) is 0.466.